The molecule has 0 fully saturated rings. The molecule has 0 spiro atoms. The number of hydrogen-bond donors (Lipinski definition) is 1. The van der Waals surface area contributed by atoms with E-state index >= 15 is 0 Å². The SMILES string of the molecule is Cc1ccccc1NC(=O)CSc1ccc2nnc(-c3cccnc3)n2n1. The number of aryl methyl sites for hydroxylation is 1. The summed E-state index contributed by atoms with van der Waals surface area (Å²) in [6.45, 7) is 1.96. The number of benzene rings is 1. The van der Waals surface area contributed by atoms with Crippen LogP contribution in [0.3, 0.4) is 0 Å². The lowest BCUT2D eigenvalue weighted by molar-refractivity contribution is -0.113. The zero-order chi connectivity index (χ0) is 18.6. The molecule has 8 heteroatoms. The number of carbonyl (C=O) groups excluding carboxylic acids is 1. The van der Waals surface area contributed by atoms with Crippen molar-refractivity contribution in [2.45, 2.75) is 11.9 Å². The number of pyridine rings is 1. The second-order valence-electron chi connectivity index (χ2n) is 5.86. The van der Waals surface area contributed by atoms with E-state index in [-0.39, 0.29) is 11.7 Å². The van der Waals surface area contributed by atoms with Crippen LogP contribution in [-0.4, -0.2) is 36.5 Å². The number of rotatable bonds is 5. The number of amides is 1. The Bertz CT molecular complexity index is 1100. The second kappa shape index (κ2) is 7.55. The van der Waals surface area contributed by atoms with E-state index in [1.54, 1.807) is 16.9 Å². The van der Waals surface area contributed by atoms with Crippen LogP contribution in [0.4, 0.5) is 5.69 Å². The van der Waals surface area contributed by atoms with Crippen molar-refractivity contribution in [3.63, 3.8) is 0 Å². The van der Waals surface area contributed by atoms with Crippen LogP contribution in [0.5, 0.6) is 0 Å². The Kier molecular flexibility index (Phi) is 4.80. The Hall–Kier alpha value is -3.26. The highest BCUT2D eigenvalue weighted by Gasteiger charge is 2.11. The van der Waals surface area contributed by atoms with Gasteiger partial charge in [-0.2, -0.15) is 9.61 Å². The predicted octanol–water partition coefficient (Wildman–Crippen LogP) is 3.23. The van der Waals surface area contributed by atoms with Gasteiger partial charge in [-0.25, -0.2) is 0 Å². The van der Waals surface area contributed by atoms with Gasteiger partial charge in [0.05, 0.1) is 5.75 Å². The van der Waals surface area contributed by atoms with Crippen LogP contribution in [0.2, 0.25) is 0 Å². The highest BCUT2D eigenvalue weighted by Crippen LogP contribution is 2.20. The van der Waals surface area contributed by atoms with Crippen molar-refractivity contribution in [1.29, 1.82) is 0 Å². The second-order valence-corrected chi connectivity index (χ2v) is 6.85. The van der Waals surface area contributed by atoms with Gasteiger partial charge in [0, 0.05) is 23.6 Å². The molecule has 0 saturated heterocycles. The lowest BCUT2D eigenvalue weighted by atomic mass is 10.2. The summed E-state index contributed by atoms with van der Waals surface area (Å²) in [7, 11) is 0. The summed E-state index contributed by atoms with van der Waals surface area (Å²) >= 11 is 1.36. The molecule has 1 N–H and O–H groups in total. The topological polar surface area (TPSA) is 85.1 Å². The first kappa shape index (κ1) is 17.2. The fraction of sp³-hybridized carbons (Fsp3) is 0.105. The van der Waals surface area contributed by atoms with Crippen LogP contribution in [-0.2, 0) is 4.79 Å². The molecule has 4 rings (SSSR count). The molecule has 1 amide bonds. The number of nitrogens with zero attached hydrogens (tertiary/aromatic N) is 5. The van der Waals surface area contributed by atoms with Gasteiger partial charge >= 0.3 is 0 Å². The quantitative estimate of drug-likeness (QED) is 0.538. The molecule has 3 aromatic heterocycles. The molecule has 27 heavy (non-hydrogen) atoms. The lowest BCUT2D eigenvalue weighted by Crippen LogP contribution is -2.15. The average Bonchev–Trinajstić information content (AvgIpc) is 3.12. The number of para-hydroxylation sites is 1. The van der Waals surface area contributed by atoms with E-state index in [1.165, 1.54) is 11.8 Å². The van der Waals surface area contributed by atoms with Crippen LogP contribution in [0, 0.1) is 6.92 Å². The minimum Gasteiger partial charge on any atom is -0.325 e. The molecular formula is C19H16N6OS. The summed E-state index contributed by atoms with van der Waals surface area (Å²) < 4.78 is 1.67. The van der Waals surface area contributed by atoms with Gasteiger partial charge in [-0.3, -0.25) is 9.78 Å². The van der Waals surface area contributed by atoms with Crippen molar-refractivity contribution in [1.82, 2.24) is 24.8 Å². The van der Waals surface area contributed by atoms with Crippen LogP contribution < -0.4 is 5.32 Å². The summed E-state index contributed by atoms with van der Waals surface area (Å²) in [5.74, 6) is 0.800. The average molecular weight is 376 g/mol. The van der Waals surface area contributed by atoms with E-state index in [1.807, 2.05) is 55.5 Å². The number of anilines is 1. The maximum absolute atomic E-state index is 12.2. The zero-order valence-corrected chi connectivity index (χ0v) is 15.3. The highest BCUT2D eigenvalue weighted by atomic mass is 32.2. The normalized spacial score (nSPS) is 10.9. The Labute approximate surface area is 159 Å². The first-order valence-electron chi connectivity index (χ1n) is 8.32. The molecule has 0 bridgehead atoms. The number of hydrogen-bond acceptors (Lipinski definition) is 6. The summed E-state index contributed by atoms with van der Waals surface area (Å²) in [5.41, 5.74) is 3.32. The maximum Gasteiger partial charge on any atom is 0.234 e. The van der Waals surface area contributed by atoms with Gasteiger partial charge in [-0.1, -0.05) is 30.0 Å². The van der Waals surface area contributed by atoms with Crippen LogP contribution >= 0.6 is 11.8 Å². The van der Waals surface area contributed by atoms with Gasteiger partial charge in [0.15, 0.2) is 11.5 Å². The Balaban J connectivity index is 1.49. The number of fused-ring (bicyclic) bond motifs is 1. The Morgan fingerprint density at radius 1 is 1.11 bits per heavy atom. The zero-order valence-electron chi connectivity index (χ0n) is 14.5. The van der Waals surface area contributed by atoms with Gasteiger partial charge in [0.1, 0.15) is 5.03 Å². The molecule has 0 unspecified atom stereocenters. The van der Waals surface area contributed by atoms with E-state index in [4.69, 9.17) is 0 Å². The molecule has 3 heterocycles. The molecule has 0 saturated carbocycles. The summed E-state index contributed by atoms with van der Waals surface area (Å²) in [6.07, 6.45) is 3.42. The van der Waals surface area contributed by atoms with Crippen molar-refractivity contribution < 1.29 is 4.79 Å². The molecule has 4 aromatic rings. The minimum absolute atomic E-state index is 0.0764. The Morgan fingerprint density at radius 2 is 2.00 bits per heavy atom. The summed E-state index contributed by atoms with van der Waals surface area (Å²) in [4.78, 5) is 16.3. The van der Waals surface area contributed by atoms with Crippen LogP contribution in [0.25, 0.3) is 17.0 Å². The third-order valence-corrected chi connectivity index (χ3v) is 4.85. The third kappa shape index (κ3) is 3.80. The van der Waals surface area contributed by atoms with Crippen LogP contribution in [0.1, 0.15) is 5.56 Å². The fourth-order valence-electron chi connectivity index (χ4n) is 2.56. The number of aromatic nitrogens is 5. The van der Waals surface area contributed by atoms with Gasteiger partial charge < -0.3 is 5.32 Å². The summed E-state index contributed by atoms with van der Waals surface area (Å²) in [6, 6.07) is 15.1. The third-order valence-electron chi connectivity index (χ3n) is 3.93. The molecular weight excluding hydrogens is 360 g/mol. The Morgan fingerprint density at radius 3 is 2.81 bits per heavy atom. The molecule has 0 aliphatic rings. The molecule has 0 aliphatic carbocycles. The van der Waals surface area contributed by atoms with Gasteiger partial charge in [-0.05, 0) is 42.8 Å². The fourth-order valence-corrected chi connectivity index (χ4v) is 3.22. The van der Waals surface area contributed by atoms with Crippen molar-refractivity contribution >= 4 is 29.0 Å². The summed E-state index contributed by atoms with van der Waals surface area (Å²) in [5, 5.41) is 16.5. The van der Waals surface area contributed by atoms with Crippen molar-refractivity contribution in [3.05, 3.63) is 66.5 Å². The number of carbonyl (C=O) groups is 1. The van der Waals surface area contributed by atoms with Gasteiger partial charge in [0.25, 0.3) is 0 Å². The number of nitrogens with one attached hydrogen (secondary N) is 1. The highest BCUT2D eigenvalue weighted by molar-refractivity contribution is 7.99. The van der Waals surface area contributed by atoms with E-state index in [0.717, 1.165) is 16.8 Å². The van der Waals surface area contributed by atoms with E-state index in [9.17, 15) is 4.79 Å². The number of thioether (sulfide) groups is 1. The molecule has 0 radical (unpaired) electrons. The van der Waals surface area contributed by atoms with Crippen molar-refractivity contribution in [2.24, 2.45) is 0 Å². The van der Waals surface area contributed by atoms with Gasteiger partial charge in [-0.15, -0.1) is 10.2 Å². The molecule has 7 nitrogen and oxygen atoms in total. The molecule has 0 aliphatic heterocycles. The maximum atomic E-state index is 12.2. The van der Waals surface area contributed by atoms with Gasteiger partial charge in [0.2, 0.25) is 5.91 Å². The first-order chi connectivity index (χ1) is 13.2. The monoisotopic (exact) mass is 376 g/mol. The van der Waals surface area contributed by atoms with E-state index < -0.39 is 0 Å². The smallest absolute Gasteiger partial charge is 0.234 e. The van der Waals surface area contributed by atoms with Crippen LogP contribution in [0.15, 0.2) is 66.0 Å². The molecule has 1 aromatic carbocycles. The largest absolute Gasteiger partial charge is 0.325 e. The lowest BCUT2D eigenvalue weighted by Gasteiger charge is -2.07. The van der Waals surface area contributed by atoms with Crippen molar-refractivity contribution in [2.75, 3.05) is 11.1 Å². The van der Waals surface area contributed by atoms with Crippen molar-refractivity contribution in [3.8, 4) is 11.4 Å². The van der Waals surface area contributed by atoms with E-state index in [0.29, 0.717) is 16.5 Å². The molecule has 134 valence electrons. The first-order valence-corrected chi connectivity index (χ1v) is 9.30. The van der Waals surface area contributed by atoms with E-state index in [2.05, 4.69) is 25.6 Å². The molecule has 0 atom stereocenters. The minimum atomic E-state index is -0.0764. The standard InChI is InChI=1S/C19H16N6OS/c1-13-5-2-3-7-15(13)21-17(26)12-27-18-9-8-16-22-23-19(25(16)24-18)14-6-4-10-20-11-14/h2-11H,12H2,1H3,(H,21,26). The predicted molar refractivity (Wildman–Crippen MR) is 105 cm³/mol.